The molecule has 0 aliphatic carbocycles. The number of aromatic carboxylic acids is 1. The molecular formula is C25H18ClF3N2O6S. The monoisotopic (exact) mass is 566 g/mol. The maximum Gasteiger partial charge on any atom is 0.416 e. The Hall–Kier alpha value is -4.03. The van der Waals surface area contributed by atoms with Crippen LogP contribution in [0.1, 0.15) is 27.4 Å². The third-order valence-corrected chi connectivity index (χ3v) is 6.93. The van der Waals surface area contributed by atoms with Gasteiger partial charge in [0.1, 0.15) is 23.8 Å². The number of alkyl halides is 3. The van der Waals surface area contributed by atoms with Crippen molar-refractivity contribution in [3.05, 3.63) is 94.3 Å². The smallest absolute Gasteiger partial charge is 0.416 e. The van der Waals surface area contributed by atoms with Crippen molar-refractivity contribution in [2.45, 2.75) is 24.6 Å². The van der Waals surface area contributed by atoms with Gasteiger partial charge in [-0.3, -0.25) is 4.72 Å². The Morgan fingerprint density at radius 2 is 1.74 bits per heavy atom. The Morgan fingerprint density at radius 1 is 1.08 bits per heavy atom. The van der Waals surface area contributed by atoms with Gasteiger partial charge in [0.15, 0.2) is 0 Å². The van der Waals surface area contributed by atoms with Crippen LogP contribution in [0.2, 0.25) is 5.02 Å². The molecule has 0 spiro atoms. The van der Waals surface area contributed by atoms with E-state index in [1.807, 2.05) is 0 Å². The van der Waals surface area contributed by atoms with E-state index in [4.69, 9.17) is 20.8 Å². The van der Waals surface area contributed by atoms with Crippen molar-refractivity contribution >= 4 is 33.3 Å². The van der Waals surface area contributed by atoms with Crippen molar-refractivity contribution in [1.29, 1.82) is 0 Å². The van der Waals surface area contributed by atoms with Gasteiger partial charge in [-0.25, -0.2) is 18.2 Å². The maximum atomic E-state index is 12.8. The highest BCUT2D eigenvalue weighted by atomic mass is 35.5. The molecule has 38 heavy (non-hydrogen) atoms. The SMILES string of the molecule is Cc1oc(-c2ccc(C(F)(F)F)cc2)nc1COc1ccc(S(=O)(=O)Nc2cc(Cl)ccc2C(=O)O)cc1. The van der Waals surface area contributed by atoms with Crippen LogP contribution in [0.15, 0.2) is 76.0 Å². The second-order valence-corrected chi connectivity index (χ2v) is 10.1. The number of carbonyl (C=O) groups is 1. The van der Waals surface area contributed by atoms with E-state index in [2.05, 4.69) is 9.71 Å². The maximum absolute atomic E-state index is 12.8. The lowest BCUT2D eigenvalue weighted by Crippen LogP contribution is -2.15. The van der Waals surface area contributed by atoms with Crippen LogP contribution < -0.4 is 9.46 Å². The zero-order valence-electron chi connectivity index (χ0n) is 19.4. The van der Waals surface area contributed by atoms with Crippen molar-refractivity contribution < 1.29 is 40.6 Å². The molecule has 0 saturated heterocycles. The molecule has 8 nitrogen and oxygen atoms in total. The van der Waals surface area contributed by atoms with Crippen molar-refractivity contribution in [2.75, 3.05) is 4.72 Å². The second-order valence-electron chi connectivity index (χ2n) is 7.96. The quantitative estimate of drug-likeness (QED) is 0.253. The molecule has 0 saturated carbocycles. The summed E-state index contributed by atoms with van der Waals surface area (Å²) in [6, 6.07) is 13.4. The van der Waals surface area contributed by atoms with Gasteiger partial charge < -0.3 is 14.3 Å². The van der Waals surface area contributed by atoms with Gasteiger partial charge in [-0.15, -0.1) is 0 Å². The van der Waals surface area contributed by atoms with Crippen LogP contribution in [0.4, 0.5) is 18.9 Å². The summed E-state index contributed by atoms with van der Waals surface area (Å²) in [7, 11) is -4.14. The number of hydrogen-bond acceptors (Lipinski definition) is 6. The number of benzene rings is 3. The van der Waals surface area contributed by atoms with E-state index >= 15 is 0 Å². The van der Waals surface area contributed by atoms with Gasteiger partial charge in [0.2, 0.25) is 5.89 Å². The molecule has 1 aromatic heterocycles. The van der Waals surface area contributed by atoms with Gasteiger partial charge in [0, 0.05) is 10.6 Å². The molecule has 0 aliphatic rings. The van der Waals surface area contributed by atoms with Crippen LogP contribution in [-0.4, -0.2) is 24.5 Å². The fraction of sp³-hybridized carbons (Fsp3) is 0.120. The van der Waals surface area contributed by atoms with Gasteiger partial charge in [-0.2, -0.15) is 13.2 Å². The molecule has 2 N–H and O–H groups in total. The molecule has 1 heterocycles. The fourth-order valence-corrected chi connectivity index (χ4v) is 4.59. The molecule has 0 unspecified atom stereocenters. The van der Waals surface area contributed by atoms with Gasteiger partial charge in [-0.1, -0.05) is 11.6 Å². The van der Waals surface area contributed by atoms with E-state index in [1.54, 1.807) is 6.92 Å². The zero-order valence-corrected chi connectivity index (χ0v) is 21.0. The van der Waals surface area contributed by atoms with E-state index in [-0.39, 0.29) is 33.7 Å². The second kappa shape index (κ2) is 10.4. The van der Waals surface area contributed by atoms with Crippen molar-refractivity contribution in [3.8, 4) is 17.2 Å². The Labute approximate surface area is 219 Å². The minimum atomic E-state index is -4.45. The van der Waals surface area contributed by atoms with Crippen LogP contribution in [0, 0.1) is 6.92 Å². The van der Waals surface area contributed by atoms with Crippen LogP contribution in [0.25, 0.3) is 11.5 Å². The predicted molar refractivity (Wildman–Crippen MR) is 132 cm³/mol. The zero-order chi connectivity index (χ0) is 27.7. The van der Waals surface area contributed by atoms with Crippen molar-refractivity contribution in [2.24, 2.45) is 0 Å². The number of oxazole rings is 1. The first-order valence-electron chi connectivity index (χ1n) is 10.8. The highest BCUT2D eigenvalue weighted by molar-refractivity contribution is 7.92. The van der Waals surface area contributed by atoms with E-state index in [0.29, 0.717) is 22.8 Å². The van der Waals surface area contributed by atoms with Crippen molar-refractivity contribution in [3.63, 3.8) is 0 Å². The molecule has 4 aromatic rings. The molecule has 0 fully saturated rings. The predicted octanol–water partition coefficient (Wildman–Crippen LogP) is 6.40. The molecule has 13 heteroatoms. The summed E-state index contributed by atoms with van der Waals surface area (Å²) in [4.78, 5) is 15.5. The Morgan fingerprint density at radius 3 is 2.34 bits per heavy atom. The molecule has 4 rings (SSSR count). The first kappa shape index (κ1) is 27.0. The molecule has 3 aromatic carbocycles. The van der Waals surface area contributed by atoms with Crippen molar-refractivity contribution in [1.82, 2.24) is 4.98 Å². The molecule has 0 amide bonds. The van der Waals surface area contributed by atoms with Gasteiger partial charge in [0.25, 0.3) is 10.0 Å². The summed E-state index contributed by atoms with van der Waals surface area (Å²) in [6.45, 7) is 1.58. The summed E-state index contributed by atoms with van der Waals surface area (Å²) in [5.74, 6) is -0.493. The van der Waals surface area contributed by atoms with Crippen LogP contribution >= 0.6 is 11.6 Å². The highest BCUT2D eigenvalue weighted by Gasteiger charge is 2.30. The van der Waals surface area contributed by atoms with Gasteiger partial charge in [0.05, 0.1) is 21.7 Å². The molecule has 0 radical (unpaired) electrons. The summed E-state index contributed by atoms with van der Waals surface area (Å²) in [5, 5.41) is 9.45. The molecule has 0 bridgehead atoms. The van der Waals surface area contributed by atoms with Crippen LogP contribution in [-0.2, 0) is 22.8 Å². The number of ether oxygens (including phenoxy) is 1. The summed E-state index contributed by atoms with van der Waals surface area (Å²) >= 11 is 5.88. The standard InChI is InChI=1S/C25H18ClF3N2O6S/c1-14-22(30-23(37-14)15-2-4-16(5-3-15)25(27,28)29)13-36-18-7-9-19(10-8-18)38(34,35)31-21-12-17(26)6-11-20(21)24(32)33/h2-12,31H,13H2,1H3,(H,32,33). The average Bonchev–Trinajstić information content (AvgIpc) is 3.22. The number of aryl methyl sites for hydroxylation is 1. The lowest BCUT2D eigenvalue weighted by atomic mass is 10.1. The third-order valence-electron chi connectivity index (χ3n) is 5.32. The van der Waals surface area contributed by atoms with Gasteiger partial charge in [-0.05, 0) is 73.7 Å². The highest BCUT2D eigenvalue weighted by Crippen LogP contribution is 2.31. The van der Waals surface area contributed by atoms with E-state index in [0.717, 1.165) is 12.1 Å². The number of anilines is 1. The first-order valence-corrected chi connectivity index (χ1v) is 12.6. The number of carboxylic acid groups (broad SMARTS) is 1. The number of carboxylic acids is 1. The number of hydrogen-bond donors (Lipinski definition) is 2. The average molecular weight is 567 g/mol. The van der Waals surface area contributed by atoms with Crippen LogP contribution in [0.5, 0.6) is 5.75 Å². The Bertz CT molecular complexity index is 1590. The number of halogens is 4. The normalized spacial score (nSPS) is 11.8. The number of nitrogens with one attached hydrogen (secondary N) is 1. The minimum absolute atomic E-state index is 0.0508. The molecular weight excluding hydrogens is 549 g/mol. The molecule has 198 valence electrons. The lowest BCUT2D eigenvalue weighted by molar-refractivity contribution is -0.137. The Balaban J connectivity index is 1.44. The number of aromatic nitrogens is 1. The number of nitrogens with zero attached hydrogens (tertiary/aromatic N) is 1. The third kappa shape index (κ3) is 6.09. The Kier molecular flexibility index (Phi) is 7.38. The van der Waals surface area contributed by atoms with Gasteiger partial charge >= 0.3 is 12.1 Å². The first-order chi connectivity index (χ1) is 17.8. The summed E-state index contributed by atoms with van der Waals surface area (Å²) in [5.41, 5.74) is -0.475. The molecule has 0 aliphatic heterocycles. The van der Waals surface area contributed by atoms with E-state index in [9.17, 15) is 31.5 Å². The number of sulfonamides is 1. The summed E-state index contributed by atoms with van der Waals surface area (Å²) < 4.78 is 77.3. The fourth-order valence-electron chi connectivity index (χ4n) is 3.35. The van der Waals surface area contributed by atoms with Crippen LogP contribution in [0.3, 0.4) is 0 Å². The largest absolute Gasteiger partial charge is 0.487 e. The van der Waals surface area contributed by atoms with E-state index < -0.39 is 27.7 Å². The molecule has 0 atom stereocenters. The van der Waals surface area contributed by atoms with E-state index in [1.165, 1.54) is 54.6 Å². The lowest BCUT2D eigenvalue weighted by Gasteiger charge is -2.12. The number of rotatable bonds is 8. The minimum Gasteiger partial charge on any atom is -0.487 e. The summed E-state index contributed by atoms with van der Waals surface area (Å²) in [6.07, 6.45) is -4.45. The topological polar surface area (TPSA) is 119 Å².